The molecule has 0 saturated heterocycles. The van der Waals surface area contributed by atoms with E-state index in [4.69, 9.17) is 8.53 Å². The van der Waals surface area contributed by atoms with Crippen molar-refractivity contribution in [2.75, 3.05) is 0 Å². The summed E-state index contributed by atoms with van der Waals surface area (Å²) in [5.74, 6) is -0.519. The van der Waals surface area contributed by atoms with Crippen molar-refractivity contribution in [3.8, 4) is 11.3 Å². The molecular formula is C27H30N2O. The molecule has 0 N–H and O–H groups in total. The third kappa shape index (κ3) is 3.86. The molecule has 0 amide bonds. The lowest BCUT2D eigenvalue weighted by Crippen LogP contribution is -2.10. The minimum atomic E-state index is -1.58. The summed E-state index contributed by atoms with van der Waals surface area (Å²) >= 11 is 0. The van der Waals surface area contributed by atoms with Crippen molar-refractivity contribution in [3.63, 3.8) is 0 Å². The van der Waals surface area contributed by atoms with E-state index in [1.54, 1.807) is 6.07 Å². The van der Waals surface area contributed by atoms with Gasteiger partial charge < -0.3 is 4.42 Å². The Morgan fingerprint density at radius 1 is 1.03 bits per heavy atom. The Hall–Kier alpha value is -2.68. The van der Waals surface area contributed by atoms with E-state index in [9.17, 15) is 0 Å². The summed E-state index contributed by atoms with van der Waals surface area (Å²) in [6.45, 7) is 5.62. The Bertz CT molecular complexity index is 1330. The zero-order valence-corrected chi connectivity index (χ0v) is 18.0. The Balaban J connectivity index is 1.56. The molecule has 3 heteroatoms. The van der Waals surface area contributed by atoms with E-state index >= 15 is 0 Å². The van der Waals surface area contributed by atoms with E-state index in [1.807, 2.05) is 51.2 Å². The van der Waals surface area contributed by atoms with E-state index in [2.05, 4.69) is 22.1 Å². The van der Waals surface area contributed by atoms with E-state index in [0.717, 1.165) is 58.9 Å². The van der Waals surface area contributed by atoms with Crippen molar-refractivity contribution < 1.29 is 8.53 Å². The highest BCUT2D eigenvalue weighted by Gasteiger charge is 2.18. The number of nitrogens with zero attached hydrogens (tertiary/aromatic N) is 2. The normalized spacial score (nSPS) is 18.8. The van der Waals surface area contributed by atoms with Gasteiger partial charge in [-0.15, -0.1) is 0 Å². The van der Waals surface area contributed by atoms with Gasteiger partial charge in [0.2, 0.25) is 5.71 Å². The number of pyridine rings is 2. The monoisotopic (exact) mass is 401 g/mol. The van der Waals surface area contributed by atoms with Gasteiger partial charge in [-0.05, 0) is 78.6 Å². The highest BCUT2D eigenvalue weighted by molar-refractivity contribution is 6.05. The van der Waals surface area contributed by atoms with E-state index in [0.29, 0.717) is 11.4 Å². The van der Waals surface area contributed by atoms with Gasteiger partial charge >= 0.3 is 0 Å². The summed E-state index contributed by atoms with van der Waals surface area (Å²) in [4.78, 5) is 9.16. The van der Waals surface area contributed by atoms with Crippen molar-refractivity contribution in [1.82, 2.24) is 9.97 Å². The van der Waals surface area contributed by atoms with E-state index in [-0.39, 0.29) is 0 Å². The number of rotatable bonds is 3. The molecule has 0 bridgehead atoms. The first kappa shape index (κ1) is 16.1. The van der Waals surface area contributed by atoms with E-state index in [1.165, 1.54) is 6.42 Å². The molecule has 3 aromatic heterocycles. The molecule has 154 valence electrons. The minimum absolute atomic E-state index is 0.379. The van der Waals surface area contributed by atoms with Gasteiger partial charge in [-0.2, -0.15) is 0 Å². The maximum absolute atomic E-state index is 8.97. The van der Waals surface area contributed by atoms with Gasteiger partial charge in [0, 0.05) is 32.3 Å². The van der Waals surface area contributed by atoms with Crippen LogP contribution in [0.1, 0.15) is 74.1 Å². The predicted octanol–water partition coefficient (Wildman–Crippen LogP) is 7.68. The van der Waals surface area contributed by atoms with Crippen LogP contribution in [0.3, 0.4) is 0 Å². The average molecular weight is 402 g/mol. The molecule has 30 heavy (non-hydrogen) atoms. The van der Waals surface area contributed by atoms with Crippen LogP contribution in [0.2, 0.25) is 0 Å². The van der Waals surface area contributed by atoms with Crippen LogP contribution in [0.4, 0.5) is 0 Å². The van der Waals surface area contributed by atoms with Crippen molar-refractivity contribution in [1.29, 1.82) is 0 Å². The molecule has 0 spiro atoms. The van der Waals surface area contributed by atoms with Crippen LogP contribution in [-0.2, 0) is 6.37 Å². The van der Waals surface area contributed by atoms with Gasteiger partial charge in [0.15, 0.2) is 0 Å². The van der Waals surface area contributed by atoms with Crippen LogP contribution in [0.5, 0.6) is 0 Å². The number of hydrogen-bond acceptors (Lipinski definition) is 3. The quantitative estimate of drug-likeness (QED) is 0.353. The predicted molar refractivity (Wildman–Crippen MR) is 124 cm³/mol. The number of furan rings is 1. The van der Waals surface area contributed by atoms with Crippen LogP contribution in [0.25, 0.3) is 33.3 Å². The molecule has 0 unspecified atom stereocenters. The molecule has 0 radical (unpaired) electrons. The van der Waals surface area contributed by atoms with Gasteiger partial charge in [0.1, 0.15) is 5.58 Å². The van der Waals surface area contributed by atoms with Crippen LogP contribution >= 0.6 is 0 Å². The standard InChI is InChI=1S/C27H30N2O/c1-27(2,3)17-21-10-11-22-23-15-20(9-12-25(23)30-26(22)29-21)24-16-19(13-14-28-24)18-7-5-4-6-8-18/h9-16,18H,4-8,17H2,1-3H3/i17D2,18D. The van der Waals surface area contributed by atoms with Crippen molar-refractivity contribution in [2.45, 2.75) is 65.1 Å². The van der Waals surface area contributed by atoms with Crippen molar-refractivity contribution >= 4 is 22.1 Å². The van der Waals surface area contributed by atoms with Crippen LogP contribution in [0, 0.1) is 5.41 Å². The van der Waals surface area contributed by atoms with Crippen LogP contribution in [-0.4, -0.2) is 9.97 Å². The third-order valence-corrected chi connectivity index (χ3v) is 5.76. The Labute approximate surface area is 182 Å². The third-order valence-electron chi connectivity index (χ3n) is 5.76. The molecule has 3 heterocycles. The van der Waals surface area contributed by atoms with Gasteiger partial charge in [0.05, 0.1) is 5.69 Å². The number of fused-ring (bicyclic) bond motifs is 3. The second-order valence-electron chi connectivity index (χ2n) is 9.33. The molecule has 0 aliphatic heterocycles. The maximum atomic E-state index is 8.97. The summed E-state index contributed by atoms with van der Waals surface area (Å²) < 4.78 is 32.0. The summed E-state index contributed by atoms with van der Waals surface area (Å²) in [6, 6.07) is 13.7. The lowest BCUT2D eigenvalue weighted by atomic mass is 9.84. The lowest BCUT2D eigenvalue weighted by molar-refractivity contribution is 0.406. The molecule has 1 saturated carbocycles. The first-order valence-corrected chi connectivity index (χ1v) is 10.9. The molecule has 1 aliphatic carbocycles. The van der Waals surface area contributed by atoms with Crippen molar-refractivity contribution in [2.24, 2.45) is 5.41 Å². The average Bonchev–Trinajstić information content (AvgIpc) is 3.16. The Morgan fingerprint density at radius 3 is 2.67 bits per heavy atom. The molecule has 1 fully saturated rings. The molecule has 5 rings (SSSR count). The molecule has 1 aromatic carbocycles. The van der Waals surface area contributed by atoms with Crippen LogP contribution in [0.15, 0.2) is 53.1 Å². The SMILES string of the molecule is [2H]C1(c2ccnc(-c3ccc4oc5nc(C([2H])([2H])C(C)(C)C)ccc5c4c3)c2)CCCCC1. The molecule has 3 nitrogen and oxygen atoms in total. The zero-order valence-electron chi connectivity index (χ0n) is 21.0. The number of aromatic nitrogens is 2. The van der Waals surface area contributed by atoms with Gasteiger partial charge in [-0.3, -0.25) is 4.98 Å². The minimum Gasteiger partial charge on any atom is -0.438 e. The summed E-state index contributed by atoms with van der Waals surface area (Å²) in [5, 5.41) is 1.80. The Morgan fingerprint density at radius 2 is 1.87 bits per heavy atom. The lowest BCUT2D eigenvalue weighted by Gasteiger charge is -2.22. The second kappa shape index (κ2) is 7.54. The van der Waals surface area contributed by atoms with Crippen molar-refractivity contribution in [3.05, 3.63) is 59.9 Å². The van der Waals surface area contributed by atoms with Gasteiger partial charge in [-0.1, -0.05) is 40.0 Å². The Kier molecular flexibility index (Phi) is 4.04. The van der Waals surface area contributed by atoms with E-state index < -0.39 is 17.7 Å². The summed E-state index contributed by atoms with van der Waals surface area (Å²) in [5.41, 5.74) is 3.83. The summed E-state index contributed by atoms with van der Waals surface area (Å²) in [6.07, 6.45) is 5.47. The fraction of sp³-hybridized carbons (Fsp3) is 0.407. The fourth-order valence-electron chi connectivity index (χ4n) is 4.35. The molecule has 1 aliphatic rings. The largest absolute Gasteiger partial charge is 0.438 e. The van der Waals surface area contributed by atoms with Crippen LogP contribution < -0.4 is 0 Å². The first-order valence-electron chi connectivity index (χ1n) is 12.4. The zero-order chi connectivity index (χ0) is 23.4. The smallest absolute Gasteiger partial charge is 0.227 e. The second-order valence-corrected chi connectivity index (χ2v) is 9.33. The molecular weight excluding hydrogens is 368 g/mol. The highest BCUT2D eigenvalue weighted by atomic mass is 16.3. The topological polar surface area (TPSA) is 38.9 Å². The molecule has 0 atom stereocenters. The van der Waals surface area contributed by atoms with Gasteiger partial charge in [0.25, 0.3) is 0 Å². The number of benzene rings is 1. The first-order chi connectivity index (χ1) is 15.6. The molecule has 4 aromatic rings. The number of hydrogen-bond donors (Lipinski definition) is 0. The summed E-state index contributed by atoms with van der Waals surface area (Å²) in [7, 11) is 0. The fourth-order valence-corrected chi connectivity index (χ4v) is 4.35. The highest BCUT2D eigenvalue weighted by Crippen LogP contribution is 2.35. The maximum Gasteiger partial charge on any atom is 0.227 e. The van der Waals surface area contributed by atoms with Gasteiger partial charge in [-0.25, -0.2) is 4.98 Å².